The molecule has 5 nitrogen and oxygen atoms in total. The molecular formula is C21H20N4O. The Morgan fingerprint density at radius 3 is 2.50 bits per heavy atom. The molecule has 0 saturated heterocycles. The van der Waals surface area contributed by atoms with Crippen molar-refractivity contribution in [1.29, 1.82) is 0 Å². The van der Waals surface area contributed by atoms with E-state index >= 15 is 0 Å². The number of nitrogens with one attached hydrogen (secondary N) is 2. The highest BCUT2D eigenvalue weighted by Gasteiger charge is 2.05. The zero-order chi connectivity index (χ0) is 18.0. The van der Waals surface area contributed by atoms with Crippen molar-refractivity contribution >= 4 is 6.03 Å². The normalized spacial score (nSPS) is 9.85. The molecule has 2 amide bonds. The summed E-state index contributed by atoms with van der Waals surface area (Å²) in [6.45, 7) is 1.43. The van der Waals surface area contributed by atoms with Crippen LogP contribution in [-0.2, 0) is 13.1 Å². The minimum atomic E-state index is -0.235. The van der Waals surface area contributed by atoms with Crippen molar-refractivity contribution in [2.45, 2.75) is 13.1 Å². The zero-order valence-corrected chi connectivity index (χ0v) is 14.4. The van der Waals surface area contributed by atoms with E-state index in [2.05, 4.69) is 27.6 Å². The molecule has 0 aliphatic heterocycles. The highest BCUT2D eigenvalue weighted by molar-refractivity contribution is 5.74. The summed E-state index contributed by atoms with van der Waals surface area (Å²) in [5.41, 5.74) is 3.12. The van der Waals surface area contributed by atoms with Crippen LogP contribution in [0.2, 0.25) is 0 Å². The summed E-state index contributed by atoms with van der Waals surface area (Å²) in [4.78, 5) is 11.9. The number of carbonyl (C=O) groups is 1. The molecule has 2 N–H and O–H groups in total. The van der Waals surface area contributed by atoms with Crippen molar-refractivity contribution in [3.63, 3.8) is 0 Å². The predicted octanol–water partition coefficient (Wildman–Crippen LogP) is 2.78. The van der Waals surface area contributed by atoms with Gasteiger partial charge in [0.25, 0.3) is 0 Å². The molecule has 0 spiro atoms. The van der Waals surface area contributed by atoms with Crippen LogP contribution in [0.25, 0.3) is 0 Å². The zero-order valence-electron chi connectivity index (χ0n) is 14.4. The van der Waals surface area contributed by atoms with E-state index in [1.807, 2.05) is 71.5 Å². The summed E-state index contributed by atoms with van der Waals surface area (Å²) in [5, 5.41) is 9.84. The fourth-order valence-electron chi connectivity index (χ4n) is 2.48. The van der Waals surface area contributed by atoms with E-state index in [1.165, 1.54) is 0 Å². The van der Waals surface area contributed by atoms with Gasteiger partial charge in [-0.2, -0.15) is 5.10 Å². The van der Waals surface area contributed by atoms with Crippen LogP contribution in [0.15, 0.2) is 73.1 Å². The molecule has 130 valence electrons. The van der Waals surface area contributed by atoms with E-state index < -0.39 is 0 Å². The topological polar surface area (TPSA) is 59.0 Å². The van der Waals surface area contributed by atoms with Crippen molar-refractivity contribution in [3.8, 4) is 11.8 Å². The Labute approximate surface area is 153 Å². The van der Waals surface area contributed by atoms with Crippen LogP contribution in [0.4, 0.5) is 4.79 Å². The van der Waals surface area contributed by atoms with Gasteiger partial charge in [-0.3, -0.25) is 4.68 Å². The van der Waals surface area contributed by atoms with Gasteiger partial charge in [0.1, 0.15) is 0 Å². The molecule has 0 saturated carbocycles. The quantitative estimate of drug-likeness (QED) is 0.699. The van der Waals surface area contributed by atoms with Crippen molar-refractivity contribution in [1.82, 2.24) is 20.4 Å². The number of urea groups is 1. The third-order valence-corrected chi connectivity index (χ3v) is 3.79. The number of carbonyl (C=O) groups excluding carboxylic acids is 1. The van der Waals surface area contributed by atoms with E-state index in [-0.39, 0.29) is 6.03 Å². The largest absolute Gasteiger partial charge is 0.334 e. The van der Waals surface area contributed by atoms with Gasteiger partial charge in [0.15, 0.2) is 0 Å². The van der Waals surface area contributed by atoms with Crippen LogP contribution >= 0.6 is 0 Å². The van der Waals surface area contributed by atoms with Crippen LogP contribution in [0.5, 0.6) is 0 Å². The molecule has 0 aliphatic carbocycles. The lowest BCUT2D eigenvalue weighted by molar-refractivity contribution is 0.241. The van der Waals surface area contributed by atoms with Crippen molar-refractivity contribution < 1.29 is 4.79 Å². The Kier molecular flexibility index (Phi) is 6.05. The number of aromatic nitrogens is 2. The van der Waals surface area contributed by atoms with Gasteiger partial charge in [0.05, 0.1) is 13.1 Å². The molecule has 0 radical (unpaired) electrons. The fourth-order valence-corrected chi connectivity index (χ4v) is 2.48. The number of hydrogen-bond donors (Lipinski definition) is 2. The molecule has 1 heterocycles. The minimum absolute atomic E-state index is 0.235. The van der Waals surface area contributed by atoms with Crippen molar-refractivity contribution in [3.05, 3.63) is 89.7 Å². The second-order valence-corrected chi connectivity index (χ2v) is 5.68. The number of benzene rings is 2. The molecule has 2 aromatic carbocycles. The SMILES string of the molecule is O=C(NCC#Cc1ccccc1)NCc1ccccc1Cn1cccn1. The standard InChI is InChI=1S/C21H20N4O/c26-21(22-13-6-10-18-8-2-1-3-9-18)23-16-19-11-4-5-12-20(19)17-25-15-7-14-24-25/h1-5,7-9,11-12,14-15H,13,16-17H2,(H2,22,23,26). The number of nitrogens with zero attached hydrogens (tertiary/aromatic N) is 2. The van der Waals surface area contributed by atoms with E-state index in [9.17, 15) is 4.79 Å². The summed E-state index contributed by atoms with van der Waals surface area (Å²) in [7, 11) is 0. The molecule has 3 aromatic rings. The lowest BCUT2D eigenvalue weighted by Crippen LogP contribution is -2.35. The molecule has 26 heavy (non-hydrogen) atoms. The Bertz CT molecular complexity index is 893. The maximum atomic E-state index is 11.9. The first-order chi connectivity index (χ1) is 12.8. The lowest BCUT2D eigenvalue weighted by atomic mass is 10.1. The highest BCUT2D eigenvalue weighted by Crippen LogP contribution is 2.10. The smallest absolute Gasteiger partial charge is 0.315 e. The van der Waals surface area contributed by atoms with Crippen LogP contribution in [0, 0.1) is 11.8 Å². The Morgan fingerprint density at radius 1 is 0.962 bits per heavy atom. The first kappa shape index (κ1) is 17.3. The van der Waals surface area contributed by atoms with Gasteiger partial charge in [0.2, 0.25) is 0 Å². The maximum Gasteiger partial charge on any atom is 0.315 e. The molecule has 0 fully saturated rings. The number of rotatable bonds is 5. The molecular weight excluding hydrogens is 324 g/mol. The summed E-state index contributed by atoms with van der Waals surface area (Å²) >= 11 is 0. The van der Waals surface area contributed by atoms with Gasteiger partial charge in [-0.15, -0.1) is 0 Å². The highest BCUT2D eigenvalue weighted by atomic mass is 16.2. The Hall–Kier alpha value is -3.52. The van der Waals surface area contributed by atoms with Crippen LogP contribution in [-0.4, -0.2) is 22.4 Å². The van der Waals surface area contributed by atoms with Crippen molar-refractivity contribution in [2.24, 2.45) is 0 Å². The number of hydrogen-bond acceptors (Lipinski definition) is 2. The fraction of sp³-hybridized carbons (Fsp3) is 0.143. The summed E-state index contributed by atoms with van der Waals surface area (Å²) in [6.07, 6.45) is 3.67. The van der Waals surface area contributed by atoms with E-state index in [1.54, 1.807) is 6.20 Å². The maximum absolute atomic E-state index is 11.9. The summed E-state index contributed by atoms with van der Waals surface area (Å²) in [6, 6.07) is 19.3. The average Bonchev–Trinajstić information content (AvgIpc) is 3.18. The van der Waals surface area contributed by atoms with Gasteiger partial charge in [0, 0.05) is 24.5 Å². The first-order valence-corrected chi connectivity index (χ1v) is 8.41. The van der Waals surface area contributed by atoms with Crippen LogP contribution in [0.1, 0.15) is 16.7 Å². The summed E-state index contributed by atoms with van der Waals surface area (Å²) < 4.78 is 1.86. The van der Waals surface area contributed by atoms with Gasteiger partial charge in [-0.05, 0) is 29.3 Å². The van der Waals surface area contributed by atoms with Gasteiger partial charge < -0.3 is 10.6 Å². The Morgan fingerprint density at radius 2 is 1.73 bits per heavy atom. The van der Waals surface area contributed by atoms with Crippen molar-refractivity contribution in [2.75, 3.05) is 6.54 Å². The number of amides is 2. The van der Waals surface area contributed by atoms with E-state index in [0.29, 0.717) is 19.6 Å². The van der Waals surface area contributed by atoms with E-state index in [0.717, 1.165) is 16.7 Å². The predicted molar refractivity (Wildman–Crippen MR) is 101 cm³/mol. The third-order valence-electron chi connectivity index (χ3n) is 3.79. The molecule has 0 aliphatic rings. The van der Waals surface area contributed by atoms with Gasteiger partial charge >= 0.3 is 6.03 Å². The second kappa shape index (κ2) is 9.09. The Balaban J connectivity index is 1.48. The molecule has 0 atom stereocenters. The molecule has 3 rings (SSSR count). The van der Waals surface area contributed by atoms with Crippen LogP contribution in [0.3, 0.4) is 0 Å². The first-order valence-electron chi connectivity index (χ1n) is 8.41. The van der Waals surface area contributed by atoms with Crippen LogP contribution < -0.4 is 10.6 Å². The third kappa shape index (κ3) is 5.25. The minimum Gasteiger partial charge on any atom is -0.334 e. The van der Waals surface area contributed by atoms with E-state index in [4.69, 9.17) is 0 Å². The van der Waals surface area contributed by atoms with Gasteiger partial charge in [-0.25, -0.2) is 4.79 Å². The molecule has 0 unspecified atom stereocenters. The average molecular weight is 344 g/mol. The molecule has 0 bridgehead atoms. The lowest BCUT2D eigenvalue weighted by Gasteiger charge is -2.11. The monoisotopic (exact) mass is 344 g/mol. The van der Waals surface area contributed by atoms with Gasteiger partial charge in [-0.1, -0.05) is 54.3 Å². The molecule has 5 heteroatoms. The second-order valence-electron chi connectivity index (χ2n) is 5.68. The molecule has 1 aromatic heterocycles. The summed E-state index contributed by atoms with van der Waals surface area (Å²) in [5.74, 6) is 5.94.